The molecule has 0 radical (unpaired) electrons. The molecule has 0 bridgehead atoms. The summed E-state index contributed by atoms with van der Waals surface area (Å²) in [6, 6.07) is 7.29. The molecule has 0 aromatic heterocycles. The molecule has 3 rings (SSSR count). The SMILES string of the molecule is COCCN(CC(C)C)C(=O)CCCN1C(=O)c2ccccc2N2C(=O)CCC12C. The summed E-state index contributed by atoms with van der Waals surface area (Å²) in [6.07, 6.45) is 1.96. The molecule has 2 aliphatic rings. The van der Waals surface area contributed by atoms with Crippen molar-refractivity contribution in [2.45, 2.75) is 52.1 Å². The van der Waals surface area contributed by atoms with Gasteiger partial charge in [0.25, 0.3) is 5.91 Å². The first-order valence-electron chi connectivity index (χ1n) is 10.8. The van der Waals surface area contributed by atoms with Crippen molar-refractivity contribution in [1.29, 1.82) is 0 Å². The van der Waals surface area contributed by atoms with Crippen molar-refractivity contribution in [2.75, 3.05) is 38.3 Å². The lowest BCUT2D eigenvalue weighted by Gasteiger charge is -2.48. The molecule has 1 aromatic carbocycles. The van der Waals surface area contributed by atoms with E-state index in [1.54, 1.807) is 23.0 Å². The molecule has 0 saturated carbocycles. The zero-order chi connectivity index (χ0) is 21.9. The maximum absolute atomic E-state index is 13.2. The molecular weight excluding hydrogens is 382 g/mol. The molecule has 1 saturated heterocycles. The van der Waals surface area contributed by atoms with Gasteiger partial charge in [0.2, 0.25) is 11.8 Å². The van der Waals surface area contributed by atoms with Crippen LogP contribution in [-0.4, -0.2) is 66.5 Å². The molecule has 3 amide bonds. The van der Waals surface area contributed by atoms with Crippen LogP contribution in [0.4, 0.5) is 5.69 Å². The van der Waals surface area contributed by atoms with Crippen LogP contribution in [0.15, 0.2) is 24.3 Å². The van der Waals surface area contributed by atoms with E-state index in [4.69, 9.17) is 4.74 Å². The molecule has 0 aliphatic carbocycles. The van der Waals surface area contributed by atoms with Crippen LogP contribution < -0.4 is 4.90 Å². The largest absolute Gasteiger partial charge is 0.383 e. The Hall–Kier alpha value is -2.41. The number of fused-ring (bicyclic) bond motifs is 3. The van der Waals surface area contributed by atoms with Crippen molar-refractivity contribution in [3.63, 3.8) is 0 Å². The summed E-state index contributed by atoms with van der Waals surface area (Å²) < 4.78 is 5.14. The first kappa shape index (κ1) is 22.3. The first-order chi connectivity index (χ1) is 14.3. The average molecular weight is 416 g/mol. The molecule has 7 nitrogen and oxygen atoms in total. The smallest absolute Gasteiger partial charge is 0.257 e. The second kappa shape index (κ2) is 9.16. The number of amides is 3. The van der Waals surface area contributed by atoms with Gasteiger partial charge in [-0.1, -0.05) is 26.0 Å². The summed E-state index contributed by atoms with van der Waals surface area (Å²) in [5.41, 5.74) is 0.583. The quantitative estimate of drug-likeness (QED) is 0.622. The number of carbonyl (C=O) groups excluding carboxylic acids is 3. The number of anilines is 1. The molecule has 2 aliphatic heterocycles. The highest BCUT2D eigenvalue weighted by molar-refractivity contribution is 6.10. The van der Waals surface area contributed by atoms with Gasteiger partial charge in [-0.05, 0) is 37.8 Å². The minimum atomic E-state index is -0.667. The molecule has 2 heterocycles. The molecule has 164 valence electrons. The lowest BCUT2D eigenvalue weighted by Crippen LogP contribution is -2.62. The maximum atomic E-state index is 13.2. The van der Waals surface area contributed by atoms with E-state index >= 15 is 0 Å². The minimum absolute atomic E-state index is 0.0428. The zero-order valence-electron chi connectivity index (χ0n) is 18.5. The number of rotatable bonds is 9. The fraction of sp³-hybridized carbons (Fsp3) is 0.609. The number of benzene rings is 1. The Morgan fingerprint density at radius 3 is 2.70 bits per heavy atom. The normalized spacial score (nSPS) is 20.6. The van der Waals surface area contributed by atoms with Crippen LogP contribution in [0.2, 0.25) is 0 Å². The predicted octanol–water partition coefficient (Wildman–Crippen LogP) is 2.90. The molecule has 1 fully saturated rings. The van der Waals surface area contributed by atoms with Gasteiger partial charge in [0, 0.05) is 39.6 Å². The standard InChI is InChI=1S/C23H33N3O4/c1-17(2)16-24(14-15-30-4)20(27)10-7-13-25-22(29)18-8-5-6-9-19(18)26-21(28)11-12-23(25,26)3/h5-6,8-9,17H,7,10-16H2,1-4H3. The summed E-state index contributed by atoms with van der Waals surface area (Å²) in [7, 11) is 1.63. The summed E-state index contributed by atoms with van der Waals surface area (Å²) in [6.45, 7) is 8.35. The Labute approximate surface area is 179 Å². The van der Waals surface area contributed by atoms with Crippen LogP contribution in [0.1, 0.15) is 56.8 Å². The van der Waals surface area contributed by atoms with Crippen molar-refractivity contribution in [1.82, 2.24) is 9.80 Å². The minimum Gasteiger partial charge on any atom is -0.383 e. The number of hydrogen-bond acceptors (Lipinski definition) is 4. The van der Waals surface area contributed by atoms with Crippen LogP contribution in [0.5, 0.6) is 0 Å². The number of methoxy groups -OCH3 is 1. The third kappa shape index (κ3) is 4.21. The molecular formula is C23H33N3O4. The van der Waals surface area contributed by atoms with E-state index < -0.39 is 5.66 Å². The fourth-order valence-electron chi connectivity index (χ4n) is 4.55. The highest BCUT2D eigenvalue weighted by Gasteiger charge is 2.52. The van der Waals surface area contributed by atoms with E-state index in [1.807, 2.05) is 30.0 Å². The molecule has 0 N–H and O–H groups in total. The molecule has 1 aromatic rings. The number of ether oxygens (including phenoxy) is 1. The number of nitrogens with zero attached hydrogens (tertiary/aromatic N) is 3. The van der Waals surface area contributed by atoms with E-state index in [1.165, 1.54) is 0 Å². The van der Waals surface area contributed by atoms with Crippen LogP contribution in [0.3, 0.4) is 0 Å². The van der Waals surface area contributed by atoms with Crippen LogP contribution in [0.25, 0.3) is 0 Å². The topological polar surface area (TPSA) is 70.2 Å². The van der Waals surface area contributed by atoms with Gasteiger partial charge in [-0.25, -0.2) is 0 Å². The predicted molar refractivity (Wildman–Crippen MR) is 115 cm³/mol. The number of para-hydroxylation sites is 1. The van der Waals surface area contributed by atoms with Gasteiger partial charge < -0.3 is 14.5 Å². The second-order valence-corrected chi connectivity index (χ2v) is 8.75. The number of hydrogen-bond donors (Lipinski definition) is 0. The van der Waals surface area contributed by atoms with Crippen molar-refractivity contribution < 1.29 is 19.1 Å². The summed E-state index contributed by atoms with van der Waals surface area (Å²) in [5.74, 6) is 0.434. The lowest BCUT2D eigenvalue weighted by molar-refractivity contribution is -0.132. The third-order valence-electron chi connectivity index (χ3n) is 6.02. The Balaban J connectivity index is 1.71. The molecule has 30 heavy (non-hydrogen) atoms. The van der Waals surface area contributed by atoms with Gasteiger partial charge >= 0.3 is 0 Å². The highest BCUT2D eigenvalue weighted by Crippen LogP contribution is 2.44. The second-order valence-electron chi connectivity index (χ2n) is 8.75. The highest BCUT2D eigenvalue weighted by atomic mass is 16.5. The summed E-state index contributed by atoms with van der Waals surface area (Å²) in [4.78, 5) is 44.0. The lowest BCUT2D eigenvalue weighted by atomic mass is 9.98. The Bertz CT molecular complexity index is 809. The zero-order valence-corrected chi connectivity index (χ0v) is 18.5. The maximum Gasteiger partial charge on any atom is 0.257 e. The van der Waals surface area contributed by atoms with Crippen LogP contribution in [0, 0.1) is 5.92 Å². The van der Waals surface area contributed by atoms with Crippen molar-refractivity contribution >= 4 is 23.4 Å². The van der Waals surface area contributed by atoms with E-state index in [2.05, 4.69) is 13.8 Å². The third-order valence-corrected chi connectivity index (χ3v) is 6.02. The molecule has 1 unspecified atom stereocenters. The van der Waals surface area contributed by atoms with Gasteiger partial charge in [-0.15, -0.1) is 0 Å². The average Bonchev–Trinajstić information content (AvgIpc) is 3.02. The van der Waals surface area contributed by atoms with Crippen LogP contribution >= 0.6 is 0 Å². The van der Waals surface area contributed by atoms with Gasteiger partial charge in [-0.3, -0.25) is 19.3 Å². The van der Waals surface area contributed by atoms with Crippen molar-refractivity contribution in [2.24, 2.45) is 5.92 Å². The monoisotopic (exact) mass is 415 g/mol. The summed E-state index contributed by atoms with van der Waals surface area (Å²) >= 11 is 0. The Morgan fingerprint density at radius 2 is 2.00 bits per heavy atom. The number of carbonyl (C=O) groups is 3. The fourth-order valence-corrected chi connectivity index (χ4v) is 4.55. The van der Waals surface area contributed by atoms with E-state index in [9.17, 15) is 14.4 Å². The van der Waals surface area contributed by atoms with Gasteiger partial charge in [0.05, 0.1) is 17.9 Å². The van der Waals surface area contributed by atoms with Crippen molar-refractivity contribution in [3.8, 4) is 0 Å². The van der Waals surface area contributed by atoms with E-state index in [0.29, 0.717) is 69.1 Å². The van der Waals surface area contributed by atoms with Gasteiger partial charge in [0.15, 0.2) is 0 Å². The molecule has 0 spiro atoms. The van der Waals surface area contributed by atoms with Crippen LogP contribution in [-0.2, 0) is 14.3 Å². The Kier molecular flexibility index (Phi) is 6.81. The summed E-state index contributed by atoms with van der Waals surface area (Å²) in [5, 5.41) is 0. The first-order valence-corrected chi connectivity index (χ1v) is 10.8. The van der Waals surface area contributed by atoms with Gasteiger partial charge in [0.1, 0.15) is 5.66 Å². The van der Waals surface area contributed by atoms with Crippen molar-refractivity contribution in [3.05, 3.63) is 29.8 Å². The van der Waals surface area contributed by atoms with Gasteiger partial charge in [-0.2, -0.15) is 0 Å². The van der Waals surface area contributed by atoms with E-state index in [0.717, 1.165) is 0 Å². The molecule has 7 heteroatoms. The molecule has 1 atom stereocenters. The van der Waals surface area contributed by atoms with E-state index in [-0.39, 0.29) is 17.7 Å². The Morgan fingerprint density at radius 1 is 1.27 bits per heavy atom.